The number of aliphatic hydroxyl groups is 2. The van der Waals surface area contributed by atoms with E-state index in [-0.39, 0.29) is 42.3 Å². The Morgan fingerprint density at radius 3 is 2.58 bits per heavy atom. The van der Waals surface area contributed by atoms with Crippen LogP contribution in [0.25, 0.3) is 0 Å². The molecule has 2 aromatic rings. The fraction of sp³-hybridized carbons (Fsp3) is 0.423. The fourth-order valence-electron chi connectivity index (χ4n) is 3.80. The van der Waals surface area contributed by atoms with Gasteiger partial charge in [0, 0.05) is 36.8 Å². The van der Waals surface area contributed by atoms with Gasteiger partial charge in [0.15, 0.2) is 0 Å². The van der Waals surface area contributed by atoms with E-state index >= 15 is 0 Å². The second-order valence-electron chi connectivity index (χ2n) is 9.02. The topological polar surface area (TPSA) is 119 Å². The van der Waals surface area contributed by atoms with E-state index in [1.54, 1.807) is 32.2 Å². The van der Waals surface area contributed by atoms with E-state index in [0.717, 1.165) is 0 Å². The molecule has 1 aliphatic heterocycles. The monoisotopic (exact) mass is 515 g/mol. The number of amides is 2. The highest BCUT2D eigenvalue weighted by atomic mass is 32.2. The van der Waals surface area contributed by atoms with Gasteiger partial charge >= 0.3 is 6.03 Å². The summed E-state index contributed by atoms with van der Waals surface area (Å²) in [7, 11) is -2.34. The van der Waals surface area contributed by atoms with Crippen LogP contribution < -0.4 is 10.1 Å². The molecule has 4 atom stereocenters. The lowest BCUT2D eigenvalue weighted by Crippen LogP contribution is -2.50. The third-order valence-electron chi connectivity index (χ3n) is 5.92. The maximum absolute atomic E-state index is 13.5. The average molecular weight is 516 g/mol. The Morgan fingerprint density at radius 1 is 1.25 bits per heavy atom. The van der Waals surface area contributed by atoms with Gasteiger partial charge in [0.1, 0.15) is 22.9 Å². The largest absolute Gasteiger partial charge is 0.487 e. The minimum atomic E-state index is -3.99. The number of aliphatic hydroxyl groups excluding tert-OH is 2. The predicted octanol–water partition coefficient (Wildman–Crippen LogP) is 2.35. The van der Waals surface area contributed by atoms with E-state index in [9.17, 15) is 23.4 Å². The molecule has 1 aliphatic rings. The molecule has 0 aromatic heterocycles. The average Bonchev–Trinajstić information content (AvgIpc) is 2.84. The van der Waals surface area contributed by atoms with E-state index < -0.39 is 28.3 Å². The highest BCUT2D eigenvalue weighted by molar-refractivity contribution is 7.89. The van der Waals surface area contributed by atoms with Crippen molar-refractivity contribution in [3.05, 3.63) is 54.1 Å². The van der Waals surface area contributed by atoms with Gasteiger partial charge in [-0.25, -0.2) is 13.2 Å². The molecule has 0 saturated carbocycles. The number of nitrogens with one attached hydrogen (secondary N) is 1. The van der Waals surface area contributed by atoms with Crippen LogP contribution in [0, 0.1) is 17.8 Å². The van der Waals surface area contributed by atoms with E-state index in [1.165, 1.54) is 28.3 Å². The second-order valence-corrected chi connectivity index (χ2v) is 10.9. The van der Waals surface area contributed by atoms with Gasteiger partial charge in [-0.15, -0.1) is 0 Å². The number of hydrogen-bond donors (Lipinski definition) is 3. The standard InChI is InChI=1S/C26H33N3O6S/c1-18-15-29(19(2)17-30)36(33,34)25-13-12-21(11-10-20(3)31)14-23(25)35-24(18)16-28(4)26(32)27-22-8-6-5-7-9-22/h5-9,12-14,18-20,24,30-31H,15-17H2,1-4H3,(H,27,32)/t18-,19+,20-,24+/m1/s1. The third-order valence-corrected chi connectivity index (χ3v) is 7.94. The fourth-order valence-corrected chi connectivity index (χ4v) is 5.63. The van der Waals surface area contributed by atoms with Crippen LogP contribution in [0.15, 0.2) is 53.4 Å². The van der Waals surface area contributed by atoms with Gasteiger partial charge in [0.05, 0.1) is 13.2 Å². The first-order valence-electron chi connectivity index (χ1n) is 11.7. The smallest absolute Gasteiger partial charge is 0.321 e. The number of urea groups is 1. The molecule has 0 unspecified atom stereocenters. The summed E-state index contributed by atoms with van der Waals surface area (Å²) < 4.78 is 34.6. The summed E-state index contributed by atoms with van der Waals surface area (Å²) in [5.41, 5.74) is 1.13. The molecule has 1 heterocycles. The summed E-state index contributed by atoms with van der Waals surface area (Å²) >= 11 is 0. The molecular formula is C26H33N3O6S. The number of rotatable bonds is 5. The molecule has 0 bridgehead atoms. The first-order chi connectivity index (χ1) is 17.0. The zero-order valence-corrected chi connectivity index (χ0v) is 21.7. The Bertz CT molecular complexity index is 1220. The highest BCUT2D eigenvalue weighted by Crippen LogP contribution is 2.34. The maximum atomic E-state index is 13.5. The number of carbonyl (C=O) groups excluding carboxylic acids is 1. The summed E-state index contributed by atoms with van der Waals surface area (Å²) in [6.07, 6.45) is -1.40. The highest BCUT2D eigenvalue weighted by Gasteiger charge is 2.38. The van der Waals surface area contributed by atoms with Crippen molar-refractivity contribution in [1.82, 2.24) is 9.21 Å². The normalized spacial score (nSPS) is 20.8. The number of sulfonamides is 1. The summed E-state index contributed by atoms with van der Waals surface area (Å²) in [5.74, 6) is 5.24. The molecule has 2 aromatic carbocycles. The van der Waals surface area contributed by atoms with Crippen molar-refractivity contribution < 1.29 is 28.2 Å². The molecule has 0 spiro atoms. The van der Waals surface area contributed by atoms with E-state index in [2.05, 4.69) is 17.2 Å². The molecule has 3 N–H and O–H groups in total. The zero-order valence-electron chi connectivity index (χ0n) is 20.9. The number of hydrogen-bond acceptors (Lipinski definition) is 6. The molecule has 0 saturated heterocycles. The number of carbonyl (C=O) groups is 1. The minimum absolute atomic E-state index is 0.0429. The van der Waals surface area contributed by atoms with Gasteiger partial charge < -0.3 is 25.2 Å². The van der Waals surface area contributed by atoms with Crippen molar-refractivity contribution in [3.8, 4) is 17.6 Å². The number of fused-ring (bicyclic) bond motifs is 1. The molecule has 2 amide bonds. The summed E-state index contributed by atoms with van der Waals surface area (Å²) in [6, 6.07) is 12.6. The third kappa shape index (κ3) is 6.56. The Labute approximate surface area is 212 Å². The Morgan fingerprint density at radius 2 is 1.94 bits per heavy atom. The molecular weight excluding hydrogens is 482 g/mol. The number of benzene rings is 2. The number of nitrogens with zero attached hydrogens (tertiary/aromatic N) is 2. The van der Waals surface area contributed by atoms with Crippen molar-refractivity contribution in [2.45, 2.75) is 43.9 Å². The van der Waals surface area contributed by atoms with Crippen LogP contribution in [0.1, 0.15) is 26.3 Å². The second kappa shape index (κ2) is 11.8. The van der Waals surface area contributed by atoms with Crippen molar-refractivity contribution in [2.75, 3.05) is 32.1 Å². The van der Waals surface area contributed by atoms with Crippen LogP contribution in [0.2, 0.25) is 0 Å². The quantitative estimate of drug-likeness (QED) is 0.526. The Balaban J connectivity index is 1.96. The summed E-state index contributed by atoms with van der Waals surface area (Å²) in [6.45, 7) is 4.97. The predicted molar refractivity (Wildman–Crippen MR) is 137 cm³/mol. The van der Waals surface area contributed by atoms with Gasteiger partial charge in [-0.3, -0.25) is 0 Å². The Kier molecular flexibility index (Phi) is 8.98. The molecule has 194 valence electrons. The summed E-state index contributed by atoms with van der Waals surface area (Å²) in [4.78, 5) is 14.2. The lowest BCUT2D eigenvalue weighted by molar-refractivity contribution is 0.0830. The van der Waals surface area contributed by atoms with Gasteiger partial charge in [0.2, 0.25) is 10.0 Å². The molecule has 0 radical (unpaired) electrons. The van der Waals surface area contributed by atoms with Gasteiger partial charge in [0.25, 0.3) is 0 Å². The van der Waals surface area contributed by atoms with E-state index in [4.69, 9.17) is 4.74 Å². The molecule has 10 heteroatoms. The van der Waals surface area contributed by atoms with E-state index in [1.807, 2.05) is 25.1 Å². The van der Waals surface area contributed by atoms with Crippen LogP contribution in [0.3, 0.4) is 0 Å². The van der Waals surface area contributed by atoms with Gasteiger partial charge in [-0.2, -0.15) is 4.31 Å². The first kappa shape index (κ1) is 27.5. The molecule has 0 fully saturated rings. The van der Waals surface area contributed by atoms with Crippen molar-refractivity contribution in [3.63, 3.8) is 0 Å². The van der Waals surface area contributed by atoms with Crippen LogP contribution >= 0.6 is 0 Å². The van der Waals surface area contributed by atoms with Crippen molar-refractivity contribution in [2.24, 2.45) is 5.92 Å². The molecule has 36 heavy (non-hydrogen) atoms. The molecule has 0 aliphatic carbocycles. The van der Waals surface area contributed by atoms with Crippen LogP contribution in [0.5, 0.6) is 5.75 Å². The van der Waals surface area contributed by atoms with Crippen LogP contribution in [-0.4, -0.2) is 78.9 Å². The summed E-state index contributed by atoms with van der Waals surface area (Å²) in [5, 5.41) is 22.1. The maximum Gasteiger partial charge on any atom is 0.321 e. The number of anilines is 1. The number of ether oxygens (including phenoxy) is 1. The first-order valence-corrected chi connectivity index (χ1v) is 13.2. The van der Waals surface area contributed by atoms with Gasteiger partial charge in [-0.1, -0.05) is 37.0 Å². The van der Waals surface area contributed by atoms with Gasteiger partial charge in [-0.05, 0) is 44.2 Å². The lowest BCUT2D eigenvalue weighted by Gasteiger charge is -2.37. The van der Waals surface area contributed by atoms with Crippen LogP contribution in [-0.2, 0) is 10.0 Å². The molecule has 3 rings (SSSR count). The number of para-hydroxylation sites is 1. The Hall–Kier alpha value is -3.10. The van der Waals surface area contributed by atoms with Crippen molar-refractivity contribution in [1.29, 1.82) is 0 Å². The van der Waals surface area contributed by atoms with E-state index in [0.29, 0.717) is 11.3 Å². The lowest BCUT2D eigenvalue weighted by atomic mass is 10.0. The van der Waals surface area contributed by atoms with Crippen LogP contribution in [0.4, 0.5) is 10.5 Å². The molecule has 9 nitrogen and oxygen atoms in total. The zero-order chi connectivity index (χ0) is 26.5. The SMILES string of the molecule is C[C@@H]1CN([C@@H](C)CO)S(=O)(=O)c2ccc(C#C[C@@H](C)O)cc2O[C@H]1CN(C)C(=O)Nc1ccccc1. The van der Waals surface area contributed by atoms with Crippen molar-refractivity contribution >= 4 is 21.7 Å². The minimum Gasteiger partial charge on any atom is -0.487 e. The number of likely N-dealkylation sites (N-methyl/N-ethyl adjacent to an activating group) is 1.